The van der Waals surface area contributed by atoms with Crippen molar-refractivity contribution in [2.45, 2.75) is 64.0 Å². The molecule has 0 bridgehead atoms. The van der Waals surface area contributed by atoms with E-state index < -0.39 is 5.41 Å². The number of hydrogen-bond acceptors (Lipinski definition) is 7. The van der Waals surface area contributed by atoms with Crippen molar-refractivity contribution < 1.29 is 9.59 Å². The zero-order valence-electron chi connectivity index (χ0n) is 21.8. The summed E-state index contributed by atoms with van der Waals surface area (Å²) in [5, 5.41) is 16.3. The molecule has 2 amide bonds. The van der Waals surface area contributed by atoms with E-state index in [2.05, 4.69) is 26.7 Å². The predicted octanol–water partition coefficient (Wildman–Crippen LogP) is 3.79. The fourth-order valence-electron chi connectivity index (χ4n) is 6.02. The van der Waals surface area contributed by atoms with E-state index in [1.54, 1.807) is 23.4 Å². The van der Waals surface area contributed by atoms with Gasteiger partial charge in [0, 0.05) is 49.8 Å². The molecule has 2 aliphatic carbocycles. The quantitative estimate of drug-likeness (QED) is 0.593. The highest BCUT2D eigenvalue weighted by Crippen LogP contribution is 2.52. The molecule has 0 unspecified atom stereocenters. The number of carbonyl (C=O) groups is 2. The first kappa shape index (κ1) is 25.2. The van der Waals surface area contributed by atoms with Gasteiger partial charge < -0.3 is 20.4 Å². The molecule has 2 N–H and O–H groups in total. The van der Waals surface area contributed by atoms with Crippen LogP contribution in [-0.2, 0) is 4.79 Å². The van der Waals surface area contributed by atoms with Gasteiger partial charge in [-0.2, -0.15) is 5.26 Å². The van der Waals surface area contributed by atoms with Crippen molar-refractivity contribution in [1.82, 2.24) is 20.2 Å². The van der Waals surface area contributed by atoms with Crippen molar-refractivity contribution in [2.24, 2.45) is 11.3 Å². The van der Waals surface area contributed by atoms with Crippen LogP contribution in [-0.4, -0.2) is 59.4 Å². The minimum atomic E-state index is -0.879. The van der Waals surface area contributed by atoms with E-state index >= 15 is 0 Å². The Labute approximate surface area is 218 Å². The Morgan fingerprint density at radius 3 is 2.65 bits per heavy atom. The SMILES string of the molecule is CN[C@H]1CCCC[C@@H]1N(C)C(=O)c1cnc(Nc2cc(N3CC[C@@](C#N)(C4CC4)C3=O)ccn2)cc1C. The number of amides is 2. The Balaban J connectivity index is 1.29. The molecule has 0 aromatic carbocycles. The molecular weight excluding hydrogens is 466 g/mol. The topological polar surface area (TPSA) is 114 Å². The van der Waals surface area contributed by atoms with Crippen LogP contribution in [0.1, 0.15) is 60.9 Å². The van der Waals surface area contributed by atoms with Crippen LogP contribution in [0, 0.1) is 29.6 Å². The average Bonchev–Trinajstić information content (AvgIpc) is 3.71. The number of anilines is 3. The number of hydrogen-bond donors (Lipinski definition) is 2. The second kappa shape index (κ2) is 10.1. The number of nitriles is 1. The largest absolute Gasteiger partial charge is 0.337 e. The molecule has 5 rings (SSSR count). The number of nitrogens with zero attached hydrogens (tertiary/aromatic N) is 5. The maximum Gasteiger partial charge on any atom is 0.255 e. The van der Waals surface area contributed by atoms with Crippen molar-refractivity contribution in [1.29, 1.82) is 5.26 Å². The van der Waals surface area contributed by atoms with Gasteiger partial charge in [0.2, 0.25) is 5.91 Å². The van der Waals surface area contributed by atoms with Crippen LogP contribution < -0.4 is 15.5 Å². The molecule has 0 radical (unpaired) electrons. The number of nitrogens with one attached hydrogen (secondary N) is 2. The Morgan fingerprint density at radius 1 is 1.19 bits per heavy atom. The molecule has 3 heterocycles. The molecular formula is C28H35N7O2. The van der Waals surface area contributed by atoms with Gasteiger partial charge in [-0.1, -0.05) is 12.8 Å². The second-order valence-corrected chi connectivity index (χ2v) is 10.6. The molecule has 2 saturated carbocycles. The molecule has 0 spiro atoms. The average molecular weight is 502 g/mol. The molecule has 1 saturated heterocycles. The summed E-state index contributed by atoms with van der Waals surface area (Å²) >= 11 is 0. The first-order valence-corrected chi connectivity index (χ1v) is 13.3. The number of carbonyl (C=O) groups excluding carboxylic acids is 2. The molecule has 3 atom stereocenters. The van der Waals surface area contributed by atoms with E-state index in [1.807, 2.05) is 38.1 Å². The smallest absolute Gasteiger partial charge is 0.255 e. The monoisotopic (exact) mass is 501 g/mol. The summed E-state index contributed by atoms with van der Waals surface area (Å²) in [6.07, 6.45) is 10.1. The first-order chi connectivity index (χ1) is 17.9. The lowest BCUT2D eigenvalue weighted by atomic mass is 9.83. The lowest BCUT2D eigenvalue weighted by molar-refractivity contribution is -0.123. The maximum absolute atomic E-state index is 13.3. The zero-order chi connectivity index (χ0) is 26.2. The van der Waals surface area contributed by atoms with Gasteiger partial charge in [-0.25, -0.2) is 9.97 Å². The van der Waals surface area contributed by atoms with Gasteiger partial charge in [0.1, 0.15) is 17.1 Å². The summed E-state index contributed by atoms with van der Waals surface area (Å²) in [6, 6.07) is 8.26. The van der Waals surface area contributed by atoms with Gasteiger partial charge in [0.05, 0.1) is 11.6 Å². The summed E-state index contributed by atoms with van der Waals surface area (Å²) in [6.45, 7) is 2.44. The number of aromatic nitrogens is 2. The number of likely N-dealkylation sites (N-methyl/N-ethyl adjacent to an activating group) is 2. The van der Waals surface area contributed by atoms with Crippen LogP contribution in [0.3, 0.4) is 0 Å². The van der Waals surface area contributed by atoms with Crippen LogP contribution >= 0.6 is 0 Å². The molecule has 3 aliphatic rings. The van der Waals surface area contributed by atoms with Crippen LogP contribution in [0.15, 0.2) is 30.6 Å². The van der Waals surface area contributed by atoms with Gasteiger partial charge >= 0.3 is 0 Å². The van der Waals surface area contributed by atoms with Crippen molar-refractivity contribution in [3.05, 3.63) is 41.7 Å². The normalized spacial score (nSPS) is 25.6. The van der Waals surface area contributed by atoms with Crippen LogP contribution in [0.4, 0.5) is 17.3 Å². The molecule has 194 valence electrons. The highest BCUT2D eigenvalue weighted by Gasteiger charge is 2.56. The standard InChI is InChI=1S/C28H35N7O2/c1-18-14-24(32-16-21(18)26(36)34(3)23-7-5-4-6-22(23)30-2)33-25-15-20(10-12-31-25)35-13-11-28(17-29,27(35)37)19-8-9-19/h10,12,14-16,19,22-23,30H,4-9,11,13H2,1-3H3,(H,31,32,33)/t22-,23-,28+/m0/s1. The maximum atomic E-state index is 13.3. The predicted molar refractivity (Wildman–Crippen MR) is 141 cm³/mol. The van der Waals surface area contributed by atoms with Crippen molar-refractivity contribution >= 4 is 29.1 Å². The Morgan fingerprint density at radius 2 is 1.95 bits per heavy atom. The summed E-state index contributed by atoms with van der Waals surface area (Å²) in [4.78, 5) is 38.9. The number of aryl methyl sites for hydroxylation is 1. The third-order valence-electron chi connectivity index (χ3n) is 8.40. The summed E-state index contributed by atoms with van der Waals surface area (Å²) in [5.74, 6) is 1.18. The third kappa shape index (κ3) is 4.66. The molecule has 9 heteroatoms. The fourth-order valence-corrected chi connectivity index (χ4v) is 6.02. The van der Waals surface area contributed by atoms with E-state index in [0.29, 0.717) is 36.2 Å². The summed E-state index contributed by atoms with van der Waals surface area (Å²) in [7, 11) is 3.85. The number of rotatable bonds is 7. The van der Waals surface area contributed by atoms with Crippen molar-refractivity contribution in [3.63, 3.8) is 0 Å². The molecule has 9 nitrogen and oxygen atoms in total. The summed E-state index contributed by atoms with van der Waals surface area (Å²) < 4.78 is 0. The fraction of sp³-hybridized carbons (Fsp3) is 0.536. The van der Waals surface area contributed by atoms with Crippen LogP contribution in [0.5, 0.6) is 0 Å². The van der Waals surface area contributed by atoms with E-state index in [0.717, 1.165) is 43.4 Å². The molecule has 2 aromatic heterocycles. The van der Waals surface area contributed by atoms with Gasteiger partial charge in [0.25, 0.3) is 5.91 Å². The lowest BCUT2D eigenvalue weighted by Crippen LogP contribution is -2.51. The van der Waals surface area contributed by atoms with E-state index in [-0.39, 0.29) is 23.8 Å². The zero-order valence-corrected chi connectivity index (χ0v) is 21.8. The minimum Gasteiger partial charge on any atom is -0.337 e. The van der Waals surface area contributed by atoms with Gasteiger partial charge in [-0.3, -0.25) is 9.59 Å². The van der Waals surface area contributed by atoms with Crippen molar-refractivity contribution in [3.8, 4) is 6.07 Å². The number of pyridine rings is 2. The highest BCUT2D eigenvalue weighted by atomic mass is 16.2. The Kier molecular flexibility index (Phi) is 6.86. The van der Waals surface area contributed by atoms with Gasteiger partial charge in [-0.15, -0.1) is 0 Å². The molecule has 37 heavy (non-hydrogen) atoms. The minimum absolute atomic E-state index is 0.0204. The lowest BCUT2D eigenvalue weighted by Gasteiger charge is -2.38. The van der Waals surface area contributed by atoms with Crippen LogP contribution in [0.25, 0.3) is 0 Å². The van der Waals surface area contributed by atoms with Gasteiger partial charge in [-0.05, 0) is 69.7 Å². The van der Waals surface area contributed by atoms with Gasteiger partial charge in [0.15, 0.2) is 0 Å². The third-order valence-corrected chi connectivity index (χ3v) is 8.40. The van der Waals surface area contributed by atoms with Crippen LogP contribution in [0.2, 0.25) is 0 Å². The van der Waals surface area contributed by atoms with E-state index in [4.69, 9.17) is 0 Å². The summed E-state index contributed by atoms with van der Waals surface area (Å²) in [5.41, 5.74) is 1.26. The highest BCUT2D eigenvalue weighted by molar-refractivity contribution is 6.02. The van der Waals surface area contributed by atoms with E-state index in [1.165, 1.54) is 6.42 Å². The van der Waals surface area contributed by atoms with Crippen molar-refractivity contribution in [2.75, 3.05) is 30.9 Å². The second-order valence-electron chi connectivity index (χ2n) is 10.6. The van der Waals surface area contributed by atoms with E-state index in [9.17, 15) is 14.9 Å². The molecule has 3 fully saturated rings. The molecule has 2 aromatic rings. The first-order valence-electron chi connectivity index (χ1n) is 13.3. The Bertz CT molecular complexity index is 1240. The Hall–Kier alpha value is -3.51. The molecule has 1 aliphatic heterocycles.